The lowest BCUT2D eigenvalue weighted by Gasteiger charge is -2.33. The number of carbonyl (C=O) groups is 2. The zero-order chi connectivity index (χ0) is 20.0. The Bertz CT molecular complexity index is 1090. The minimum atomic E-state index is -0.180. The molecule has 0 unspecified atom stereocenters. The van der Waals surface area contributed by atoms with E-state index in [-0.39, 0.29) is 24.0 Å². The van der Waals surface area contributed by atoms with Crippen LogP contribution >= 0.6 is 15.9 Å². The molecule has 2 amide bonds. The van der Waals surface area contributed by atoms with Crippen molar-refractivity contribution in [2.45, 2.75) is 37.8 Å². The molecule has 2 aromatic carbocycles. The molecule has 29 heavy (non-hydrogen) atoms. The molecule has 7 heteroatoms. The summed E-state index contributed by atoms with van der Waals surface area (Å²) in [6.45, 7) is 0. The summed E-state index contributed by atoms with van der Waals surface area (Å²) >= 11 is 3.45. The van der Waals surface area contributed by atoms with Gasteiger partial charge in [-0.2, -0.15) is 0 Å². The van der Waals surface area contributed by atoms with E-state index in [1.807, 2.05) is 18.2 Å². The molecule has 2 aliphatic rings. The number of rotatable bonds is 3. The Morgan fingerprint density at radius 2 is 1.62 bits per heavy atom. The van der Waals surface area contributed by atoms with E-state index in [0.717, 1.165) is 41.2 Å². The lowest BCUT2D eigenvalue weighted by Crippen LogP contribution is -2.43. The van der Waals surface area contributed by atoms with Crippen molar-refractivity contribution in [2.75, 3.05) is 0 Å². The molecular weight excluding hydrogens is 434 g/mol. The third-order valence-corrected chi connectivity index (χ3v) is 6.10. The zero-order valence-corrected chi connectivity index (χ0v) is 17.1. The average Bonchev–Trinajstić information content (AvgIpc) is 2.99. The number of amides is 2. The first-order valence-electron chi connectivity index (χ1n) is 9.66. The third-order valence-electron chi connectivity index (χ3n) is 5.60. The smallest absolute Gasteiger partial charge is 0.261 e. The number of imide groups is 1. The lowest BCUT2D eigenvalue weighted by molar-refractivity contribution is 0.0474. The molecule has 5 rings (SSSR count). The first-order valence-corrected chi connectivity index (χ1v) is 10.5. The Morgan fingerprint density at radius 3 is 2.31 bits per heavy atom. The van der Waals surface area contributed by atoms with Crippen LogP contribution in [0.2, 0.25) is 0 Å². The molecule has 0 bridgehead atoms. The third kappa shape index (κ3) is 3.29. The summed E-state index contributed by atoms with van der Waals surface area (Å²) in [6, 6.07) is 12.7. The van der Waals surface area contributed by atoms with Crippen LogP contribution in [0.25, 0.3) is 11.0 Å². The number of hydrogen-bond acceptors (Lipinski definition) is 5. The number of benzene rings is 2. The van der Waals surface area contributed by atoms with Crippen LogP contribution in [0.1, 0.15) is 46.4 Å². The summed E-state index contributed by atoms with van der Waals surface area (Å²) in [7, 11) is 0. The standard InChI is InChI=1S/C22H18BrN3O3/c23-13-5-10-18-19(11-13)25-20(12-24-18)29-15-8-6-14(7-9-15)26-21(27)16-3-1-2-4-17(16)22(26)28/h1-5,10-12,14-15H,6-9H2. The number of aromatic nitrogens is 2. The van der Waals surface area contributed by atoms with Crippen molar-refractivity contribution in [3.8, 4) is 5.88 Å². The van der Waals surface area contributed by atoms with Gasteiger partial charge < -0.3 is 4.74 Å². The minimum absolute atomic E-state index is 0.000311. The molecule has 0 radical (unpaired) electrons. The van der Waals surface area contributed by atoms with Crippen LogP contribution in [0.4, 0.5) is 0 Å². The molecule has 0 N–H and O–H groups in total. The second-order valence-corrected chi connectivity index (χ2v) is 8.33. The van der Waals surface area contributed by atoms with Gasteiger partial charge in [0.2, 0.25) is 5.88 Å². The van der Waals surface area contributed by atoms with Crippen LogP contribution in [-0.2, 0) is 0 Å². The highest BCUT2D eigenvalue weighted by Crippen LogP contribution is 2.32. The van der Waals surface area contributed by atoms with Crippen LogP contribution in [0, 0.1) is 0 Å². The van der Waals surface area contributed by atoms with E-state index in [9.17, 15) is 9.59 Å². The van der Waals surface area contributed by atoms with E-state index < -0.39 is 0 Å². The zero-order valence-electron chi connectivity index (χ0n) is 15.5. The summed E-state index contributed by atoms with van der Waals surface area (Å²) < 4.78 is 6.99. The van der Waals surface area contributed by atoms with Gasteiger partial charge in [0.15, 0.2) is 0 Å². The number of fused-ring (bicyclic) bond motifs is 2. The van der Waals surface area contributed by atoms with Gasteiger partial charge >= 0.3 is 0 Å². The van der Waals surface area contributed by atoms with Gasteiger partial charge in [-0.05, 0) is 56.0 Å². The fourth-order valence-electron chi connectivity index (χ4n) is 4.16. The van der Waals surface area contributed by atoms with Crippen molar-refractivity contribution in [1.29, 1.82) is 0 Å². The molecule has 6 nitrogen and oxygen atoms in total. The number of hydrogen-bond donors (Lipinski definition) is 0. The first-order chi connectivity index (χ1) is 14.1. The Hall–Kier alpha value is -2.80. The second-order valence-electron chi connectivity index (χ2n) is 7.42. The molecule has 2 heterocycles. The molecule has 1 fully saturated rings. The molecule has 1 aliphatic heterocycles. The number of nitrogens with zero attached hydrogens (tertiary/aromatic N) is 3. The van der Waals surface area contributed by atoms with Gasteiger partial charge in [-0.15, -0.1) is 0 Å². The lowest BCUT2D eigenvalue weighted by atomic mass is 9.92. The maximum absolute atomic E-state index is 12.7. The van der Waals surface area contributed by atoms with Crippen LogP contribution in [0.5, 0.6) is 5.88 Å². The summed E-state index contributed by atoms with van der Waals surface area (Å²) in [5.41, 5.74) is 2.61. The van der Waals surface area contributed by atoms with E-state index in [2.05, 4.69) is 25.9 Å². The highest BCUT2D eigenvalue weighted by molar-refractivity contribution is 9.10. The summed E-state index contributed by atoms with van der Waals surface area (Å²) in [6.07, 6.45) is 4.62. The van der Waals surface area contributed by atoms with E-state index in [1.165, 1.54) is 4.90 Å². The first kappa shape index (κ1) is 18.2. The van der Waals surface area contributed by atoms with Crippen molar-refractivity contribution in [3.63, 3.8) is 0 Å². The monoisotopic (exact) mass is 451 g/mol. The maximum Gasteiger partial charge on any atom is 0.261 e. The van der Waals surface area contributed by atoms with Crippen molar-refractivity contribution in [1.82, 2.24) is 14.9 Å². The fourth-order valence-corrected chi connectivity index (χ4v) is 4.50. The maximum atomic E-state index is 12.7. The van der Waals surface area contributed by atoms with Crippen molar-refractivity contribution < 1.29 is 14.3 Å². The van der Waals surface area contributed by atoms with Crippen LogP contribution in [0.3, 0.4) is 0 Å². The van der Waals surface area contributed by atoms with Crippen molar-refractivity contribution in [2.24, 2.45) is 0 Å². The Morgan fingerprint density at radius 1 is 0.931 bits per heavy atom. The summed E-state index contributed by atoms with van der Waals surface area (Å²) in [4.78, 5) is 35.8. The molecule has 1 aromatic heterocycles. The predicted molar refractivity (Wildman–Crippen MR) is 111 cm³/mol. The molecule has 0 saturated heterocycles. The molecule has 1 aliphatic carbocycles. The van der Waals surface area contributed by atoms with Crippen LogP contribution in [0.15, 0.2) is 53.1 Å². The Balaban J connectivity index is 1.26. The van der Waals surface area contributed by atoms with Gasteiger partial charge in [0, 0.05) is 10.5 Å². The van der Waals surface area contributed by atoms with E-state index in [4.69, 9.17) is 4.74 Å². The summed E-state index contributed by atoms with van der Waals surface area (Å²) in [5, 5.41) is 0. The molecular formula is C22H18BrN3O3. The van der Waals surface area contributed by atoms with Crippen LogP contribution in [-0.4, -0.2) is 38.8 Å². The van der Waals surface area contributed by atoms with Gasteiger partial charge in [0.05, 0.1) is 28.4 Å². The molecule has 0 atom stereocenters. The van der Waals surface area contributed by atoms with Gasteiger partial charge in [0.1, 0.15) is 6.10 Å². The number of halogens is 1. The van der Waals surface area contributed by atoms with Crippen molar-refractivity contribution >= 4 is 38.8 Å². The van der Waals surface area contributed by atoms with E-state index >= 15 is 0 Å². The Kier molecular flexibility index (Phi) is 4.54. The molecule has 0 spiro atoms. The highest BCUT2D eigenvalue weighted by Gasteiger charge is 2.41. The highest BCUT2D eigenvalue weighted by atomic mass is 79.9. The van der Waals surface area contributed by atoms with Crippen LogP contribution < -0.4 is 4.74 Å². The minimum Gasteiger partial charge on any atom is -0.473 e. The fraction of sp³-hybridized carbons (Fsp3) is 0.273. The molecule has 3 aromatic rings. The average molecular weight is 452 g/mol. The normalized spacial score (nSPS) is 21.5. The Labute approximate surface area is 176 Å². The predicted octanol–water partition coefficient (Wildman–Crippen LogP) is 4.38. The number of ether oxygens (including phenoxy) is 1. The molecule has 146 valence electrons. The number of carbonyl (C=O) groups excluding carboxylic acids is 2. The van der Waals surface area contributed by atoms with E-state index in [0.29, 0.717) is 17.0 Å². The molecule has 1 saturated carbocycles. The van der Waals surface area contributed by atoms with Gasteiger partial charge in [0.25, 0.3) is 11.8 Å². The van der Waals surface area contributed by atoms with Gasteiger partial charge in [-0.25, -0.2) is 9.97 Å². The van der Waals surface area contributed by atoms with Gasteiger partial charge in [-0.3, -0.25) is 14.5 Å². The van der Waals surface area contributed by atoms with Gasteiger partial charge in [-0.1, -0.05) is 28.1 Å². The quantitative estimate of drug-likeness (QED) is 0.552. The van der Waals surface area contributed by atoms with Crippen molar-refractivity contribution in [3.05, 3.63) is 64.3 Å². The second kappa shape index (κ2) is 7.22. The largest absolute Gasteiger partial charge is 0.473 e. The topological polar surface area (TPSA) is 72.4 Å². The summed E-state index contributed by atoms with van der Waals surface area (Å²) in [5.74, 6) is 0.140. The van der Waals surface area contributed by atoms with E-state index in [1.54, 1.807) is 30.5 Å². The SMILES string of the molecule is O=C1c2ccccc2C(=O)N1C1CCC(Oc2cnc3ccc(Br)cc3n2)CC1.